The predicted molar refractivity (Wildman–Crippen MR) is 124 cm³/mol. The number of fused-ring (bicyclic) bond motifs is 3. The molecule has 7 heteroatoms. The van der Waals surface area contributed by atoms with E-state index < -0.39 is 0 Å². The minimum absolute atomic E-state index is 0.0572. The first-order valence-electron chi connectivity index (χ1n) is 10.2. The van der Waals surface area contributed by atoms with Crippen LogP contribution in [-0.2, 0) is 11.2 Å². The summed E-state index contributed by atoms with van der Waals surface area (Å²) in [5.41, 5.74) is 3.44. The lowest BCUT2D eigenvalue weighted by Gasteiger charge is -2.19. The van der Waals surface area contributed by atoms with Crippen LogP contribution in [0.5, 0.6) is 17.2 Å². The molecule has 1 aliphatic rings. The number of carbonyl (C=O) groups excluding carboxylic acids is 1. The van der Waals surface area contributed by atoms with E-state index in [1.807, 2.05) is 18.2 Å². The van der Waals surface area contributed by atoms with Gasteiger partial charge in [-0.3, -0.25) is 9.59 Å². The molecule has 31 heavy (non-hydrogen) atoms. The summed E-state index contributed by atoms with van der Waals surface area (Å²) in [5, 5.41) is 3.29. The average Bonchev–Trinajstić information content (AvgIpc) is 2.96. The van der Waals surface area contributed by atoms with Gasteiger partial charge in [0.05, 0.1) is 32.3 Å². The molecular weight excluding hydrogens is 414 g/mol. The zero-order chi connectivity index (χ0) is 22.7. The average molecular weight is 444 g/mol. The molecule has 6 nitrogen and oxygen atoms in total. The van der Waals surface area contributed by atoms with Crippen LogP contribution in [0.25, 0.3) is 11.1 Å². The van der Waals surface area contributed by atoms with Gasteiger partial charge in [-0.15, -0.1) is 11.8 Å². The maximum Gasteiger partial charge on any atom is 0.217 e. The van der Waals surface area contributed by atoms with E-state index in [0.717, 1.165) is 22.3 Å². The van der Waals surface area contributed by atoms with E-state index in [9.17, 15) is 9.59 Å². The second-order valence-corrected chi connectivity index (χ2v) is 9.33. The molecule has 0 saturated heterocycles. The van der Waals surface area contributed by atoms with Crippen molar-refractivity contribution < 1.29 is 19.0 Å². The van der Waals surface area contributed by atoms with E-state index in [2.05, 4.69) is 19.2 Å². The topological polar surface area (TPSA) is 73.9 Å². The summed E-state index contributed by atoms with van der Waals surface area (Å²) in [7, 11) is 4.76. The number of amides is 1. The highest BCUT2D eigenvalue weighted by Crippen LogP contribution is 2.50. The molecule has 1 aliphatic carbocycles. The molecule has 166 valence electrons. The van der Waals surface area contributed by atoms with Crippen LogP contribution in [0.1, 0.15) is 44.4 Å². The van der Waals surface area contributed by atoms with Crippen molar-refractivity contribution in [3.05, 3.63) is 45.6 Å². The monoisotopic (exact) mass is 443 g/mol. The molecule has 0 heterocycles. The van der Waals surface area contributed by atoms with Gasteiger partial charge in [-0.2, -0.15) is 0 Å². The Bertz CT molecular complexity index is 1050. The Labute approximate surface area is 187 Å². The molecule has 0 unspecified atom stereocenters. The van der Waals surface area contributed by atoms with Gasteiger partial charge in [0.15, 0.2) is 16.9 Å². The van der Waals surface area contributed by atoms with Crippen LogP contribution >= 0.6 is 11.8 Å². The number of ether oxygens (including phenoxy) is 3. The third kappa shape index (κ3) is 4.66. The van der Waals surface area contributed by atoms with Crippen LogP contribution in [0.2, 0.25) is 0 Å². The molecule has 1 atom stereocenters. The van der Waals surface area contributed by atoms with Crippen molar-refractivity contribution in [3.8, 4) is 28.4 Å². The third-order valence-corrected chi connectivity index (χ3v) is 6.30. The number of hydrogen-bond acceptors (Lipinski definition) is 6. The smallest absolute Gasteiger partial charge is 0.217 e. The molecule has 0 fully saturated rings. The maximum atomic E-state index is 13.1. The van der Waals surface area contributed by atoms with Crippen LogP contribution in [0.4, 0.5) is 0 Å². The summed E-state index contributed by atoms with van der Waals surface area (Å²) in [4.78, 5) is 25.7. The molecule has 0 radical (unpaired) electrons. The van der Waals surface area contributed by atoms with E-state index in [-0.39, 0.29) is 22.6 Å². The highest BCUT2D eigenvalue weighted by atomic mass is 32.2. The lowest BCUT2D eigenvalue weighted by atomic mass is 9.95. The van der Waals surface area contributed by atoms with Crippen LogP contribution in [0.15, 0.2) is 34.0 Å². The largest absolute Gasteiger partial charge is 0.493 e. The van der Waals surface area contributed by atoms with Gasteiger partial charge >= 0.3 is 0 Å². The minimum Gasteiger partial charge on any atom is -0.493 e. The summed E-state index contributed by atoms with van der Waals surface area (Å²) in [6.45, 7) is 5.60. The number of benzene rings is 1. The lowest BCUT2D eigenvalue weighted by Crippen LogP contribution is -2.26. The van der Waals surface area contributed by atoms with E-state index in [0.29, 0.717) is 35.0 Å². The van der Waals surface area contributed by atoms with Gasteiger partial charge < -0.3 is 19.5 Å². The summed E-state index contributed by atoms with van der Waals surface area (Å²) >= 11 is 1.53. The molecule has 0 spiro atoms. The zero-order valence-electron chi connectivity index (χ0n) is 18.8. The fourth-order valence-corrected chi connectivity index (χ4v) is 4.87. The van der Waals surface area contributed by atoms with Gasteiger partial charge in [0, 0.05) is 17.7 Å². The molecule has 2 aromatic carbocycles. The molecule has 1 N–H and O–H groups in total. The molecule has 0 aliphatic heterocycles. The summed E-state index contributed by atoms with van der Waals surface area (Å²) in [6, 6.07) is 7.13. The Balaban J connectivity index is 2.38. The number of thioether (sulfide) groups is 1. The van der Waals surface area contributed by atoms with Crippen LogP contribution in [-0.4, -0.2) is 32.5 Å². The summed E-state index contributed by atoms with van der Waals surface area (Å²) in [5.74, 6) is 1.50. The third-order valence-electron chi connectivity index (χ3n) is 5.24. The number of carbonyl (C=O) groups is 1. The van der Waals surface area contributed by atoms with Crippen molar-refractivity contribution in [1.82, 2.24) is 5.32 Å². The Kier molecular flexibility index (Phi) is 7.15. The van der Waals surface area contributed by atoms with Crippen molar-refractivity contribution in [2.75, 3.05) is 21.3 Å². The fraction of sp³-hybridized carbons (Fsp3) is 0.417. The second-order valence-electron chi connectivity index (χ2n) is 7.71. The first-order valence-corrected chi connectivity index (χ1v) is 11.1. The van der Waals surface area contributed by atoms with Gasteiger partial charge in [0.25, 0.3) is 0 Å². The maximum absolute atomic E-state index is 13.1. The van der Waals surface area contributed by atoms with Gasteiger partial charge in [0.2, 0.25) is 11.7 Å². The molecule has 0 saturated carbocycles. The normalized spacial score (nSPS) is 14.9. The highest BCUT2D eigenvalue weighted by Gasteiger charge is 2.29. The first-order chi connectivity index (χ1) is 14.8. The number of hydrogen-bond donors (Lipinski definition) is 1. The lowest BCUT2D eigenvalue weighted by molar-refractivity contribution is -0.119. The molecule has 1 amide bonds. The van der Waals surface area contributed by atoms with Crippen molar-refractivity contribution in [1.29, 1.82) is 0 Å². The Morgan fingerprint density at radius 3 is 2.39 bits per heavy atom. The number of nitrogens with one attached hydrogen (secondary N) is 1. The summed E-state index contributed by atoms with van der Waals surface area (Å²) < 4.78 is 16.9. The van der Waals surface area contributed by atoms with Gasteiger partial charge in [-0.1, -0.05) is 19.9 Å². The molecule has 0 aromatic heterocycles. The van der Waals surface area contributed by atoms with Gasteiger partial charge in [0.1, 0.15) is 0 Å². The van der Waals surface area contributed by atoms with Crippen molar-refractivity contribution in [2.45, 2.75) is 49.8 Å². The van der Waals surface area contributed by atoms with Crippen LogP contribution < -0.4 is 25.0 Å². The number of methoxy groups -OCH3 is 3. The minimum atomic E-state index is -0.293. The van der Waals surface area contributed by atoms with Crippen molar-refractivity contribution in [2.24, 2.45) is 0 Å². The van der Waals surface area contributed by atoms with Gasteiger partial charge in [-0.25, -0.2) is 0 Å². The molecule has 3 rings (SSSR count). The second kappa shape index (κ2) is 9.64. The molecule has 2 aromatic rings. The predicted octanol–water partition coefficient (Wildman–Crippen LogP) is 4.36. The van der Waals surface area contributed by atoms with Crippen molar-refractivity contribution in [3.63, 3.8) is 0 Å². The summed E-state index contributed by atoms with van der Waals surface area (Å²) in [6.07, 6.45) is 1.32. The van der Waals surface area contributed by atoms with E-state index in [1.165, 1.54) is 18.7 Å². The first kappa shape index (κ1) is 23.0. The van der Waals surface area contributed by atoms with Crippen molar-refractivity contribution >= 4 is 17.7 Å². The Morgan fingerprint density at radius 1 is 1.10 bits per heavy atom. The highest BCUT2D eigenvalue weighted by molar-refractivity contribution is 7.99. The Morgan fingerprint density at radius 2 is 1.81 bits per heavy atom. The SMILES string of the molecule is COc1cc2c(c(OC)c1OC)-c1ccc(SC(C)C)c(=O)cc1[C@@H](NC(C)=O)CC2. The zero-order valence-corrected chi connectivity index (χ0v) is 19.6. The van der Waals surface area contributed by atoms with E-state index in [4.69, 9.17) is 14.2 Å². The molecule has 0 bridgehead atoms. The van der Waals surface area contributed by atoms with Crippen LogP contribution in [0, 0.1) is 0 Å². The Hall–Kier alpha value is -2.67. The standard InChI is InChI=1S/C24H29NO5S/c1-13(2)31-21-10-8-16-17(12-19(21)27)18(25-14(3)26)9-7-15-11-20(28-4)23(29-5)24(30-6)22(15)16/h8,10-13,18H,7,9H2,1-6H3,(H,25,26)/t18-/m0/s1. The van der Waals surface area contributed by atoms with E-state index >= 15 is 0 Å². The van der Waals surface area contributed by atoms with Gasteiger partial charge in [-0.05, 0) is 47.7 Å². The fourth-order valence-electron chi connectivity index (χ4n) is 4.04. The molecular formula is C24H29NO5S. The van der Waals surface area contributed by atoms with Crippen LogP contribution in [0.3, 0.4) is 0 Å². The quantitative estimate of drug-likeness (QED) is 0.669. The van der Waals surface area contributed by atoms with E-state index in [1.54, 1.807) is 27.4 Å². The number of aryl methyl sites for hydroxylation is 1. The number of rotatable bonds is 6.